The van der Waals surface area contributed by atoms with Crippen LogP contribution in [0.3, 0.4) is 0 Å². The summed E-state index contributed by atoms with van der Waals surface area (Å²) in [6.07, 6.45) is 2.21. The second-order valence-corrected chi connectivity index (χ2v) is 7.98. The molecule has 6 heteroatoms. The average Bonchev–Trinajstić information content (AvgIpc) is 2.49. The quantitative estimate of drug-likeness (QED) is 0.738. The second kappa shape index (κ2) is 7.25. The van der Waals surface area contributed by atoms with Gasteiger partial charge in [0.1, 0.15) is 0 Å². The highest BCUT2D eigenvalue weighted by molar-refractivity contribution is 5.98. The van der Waals surface area contributed by atoms with E-state index >= 15 is 0 Å². The van der Waals surface area contributed by atoms with E-state index in [9.17, 15) is 14.4 Å². The van der Waals surface area contributed by atoms with Crippen LogP contribution in [0.4, 0.5) is 0 Å². The molecule has 0 radical (unpaired) electrons. The minimum atomic E-state index is -0.911. The summed E-state index contributed by atoms with van der Waals surface area (Å²) in [5.41, 5.74) is 0.274. The third-order valence-corrected chi connectivity index (χ3v) is 4.37. The second-order valence-electron chi connectivity index (χ2n) is 7.98. The first-order valence-electron chi connectivity index (χ1n) is 8.53. The molecule has 0 spiro atoms. The fraction of sp³-hybridized carbons (Fsp3) is 0.526. The van der Waals surface area contributed by atoms with Crippen molar-refractivity contribution in [3.63, 3.8) is 0 Å². The number of carboxylic acids is 1. The highest BCUT2D eigenvalue weighted by Gasteiger charge is 2.40. The van der Waals surface area contributed by atoms with Gasteiger partial charge >= 0.3 is 5.97 Å². The maximum atomic E-state index is 12.4. The van der Waals surface area contributed by atoms with Crippen LogP contribution in [0.25, 0.3) is 0 Å². The Labute approximate surface area is 148 Å². The minimum Gasteiger partial charge on any atom is -0.481 e. The number of nitrogens with one attached hydrogen (secondary N) is 2. The smallest absolute Gasteiger partial charge is 0.305 e. The summed E-state index contributed by atoms with van der Waals surface area (Å²) in [6, 6.07) is 6.40. The highest BCUT2D eigenvalue weighted by Crippen LogP contribution is 2.35. The number of carbonyl (C=O) groups is 3. The van der Waals surface area contributed by atoms with E-state index in [1.165, 1.54) is 0 Å². The molecule has 1 fully saturated rings. The van der Waals surface area contributed by atoms with Crippen molar-refractivity contribution < 1.29 is 19.5 Å². The number of hydrogen-bond donors (Lipinski definition) is 3. The van der Waals surface area contributed by atoms with Crippen LogP contribution in [0.15, 0.2) is 24.3 Å². The molecule has 0 heterocycles. The Bertz CT molecular complexity index is 655. The summed E-state index contributed by atoms with van der Waals surface area (Å²) in [6.45, 7) is 6.67. The lowest BCUT2D eigenvalue weighted by Crippen LogP contribution is -2.54. The Morgan fingerprint density at radius 3 is 1.96 bits per heavy atom. The van der Waals surface area contributed by atoms with Crippen LogP contribution in [0.1, 0.15) is 67.2 Å². The highest BCUT2D eigenvalue weighted by atomic mass is 16.4. The third-order valence-electron chi connectivity index (χ3n) is 4.37. The molecular formula is C19H26N2O4. The average molecular weight is 346 g/mol. The van der Waals surface area contributed by atoms with E-state index < -0.39 is 11.5 Å². The standard InChI is InChI=1S/C19H26N2O4/c1-18(2,3)12-20-16(24)13-5-7-14(8-6-13)17(25)21-19(9-4-10-19)11-15(22)23/h5-8H,4,9-12H2,1-3H3,(H,20,24)(H,21,25)(H,22,23). The molecular weight excluding hydrogens is 320 g/mol. The molecule has 0 atom stereocenters. The van der Waals surface area contributed by atoms with Crippen LogP contribution < -0.4 is 10.6 Å². The van der Waals surface area contributed by atoms with Crippen molar-refractivity contribution in [2.24, 2.45) is 5.41 Å². The van der Waals surface area contributed by atoms with Crippen molar-refractivity contribution in [1.82, 2.24) is 10.6 Å². The topological polar surface area (TPSA) is 95.5 Å². The zero-order valence-electron chi connectivity index (χ0n) is 15.0. The molecule has 25 heavy (non-hydrogen) atoms. The fourth-order valence-electron chi connectivity index (χ4n) is 2.77. The molecule has 0 saturated heterocycles. The van der Waals surface area contributed by atoms with Crippen molar-refractivity contribution in [2.75, 3.05) is 6.54 Å². The van der Waals surface area contributed by atoms with Crippen LogP contribution in [-0.2, 0) is 4.79 Å². The van der Waals surface area contributed by atoms with Gasteiger partial charge in [0.25, 0.3) is 11.8 Å². The summed E-state index contributed by atoms with van der Waals surface area (Å²) < 4.78 is 0. The summed E-state index contributed by atoms with van der Waals surface area (Å²) in [4.78, 5) is 35.5. The van der Waals surface area contributed by atoms with Gasteiger partial charge in [-0.15, -0.1) is 0 Å². The van der Waals surface area contributed by atoms with Gasteiger partial charge in [-0.25, -0.2) is 0 Å². The lowest BCUT2D eigenvalue weighted by molar-refractivity contribution is -0.139. The SMILES string of the molecule is CC(C)(C)CNC(=O)c1ccc(C(=O)NC2(CC(=O)O)CCC2)cc1. The van der Waals surface area contributed by atoms with Crippen molar-refractivity contribution in [3.05, 3.63) is 35.4 Å². The van der Waals surface area contributed by atoms with E-state index in [-0.39, 0.29) is 23.7 Å². The largest absolute Gasteiger partial charge is 0.481 e. The molecule has 1 aromatic carbocycles. The van der Waals surface area contributed by atoms with Gasteiger partial charge in [0.05, 0.1) is 12.0 Å². The lowest BCUT2D eigenvalue weighted by atomic mass is 9.74. The molecule has 0 bridgehead atoms. The Morgan fingerprint density at radius 2 is 1.56 bits per heavy atom. The van der Waals surface area contributed by atoms with Crippen LogP contribution in [0, 0.1) is 5.41 Å². The zero-order chi connectivity index (χ0) is 18.7. The van der Waals surface area contributed by atoms with Crippen LogP contribution in [0.5, 0.6) is 0 Å². The number of aliphatic carboxylic acids is 1. The van der Waals surface area contributed by atoms with E-state index in [1.807, 2.05) is 20.8 Å². The van der Waals surface area contributed by atoms with E-state index in [2.05, 4.69) is 10.6 Å². The van der Waals surface area contributed by atoms with Gasteiger partial charge in [0, 0.05) is 17.7 Å². The lowest BCUT2D eigenvalue weighted by Gasteiger charge is -2.41. The predicted molar refractivity (Wildman–Crippen MR) is 94.5 cm³/mol. The van der Waals surface area contributed by atoms with Gasteiger partial charge in [0.15, 0.2) is 0 Å². The molecule has 1 aromatic rings. The first-order chi connectivity index (χ1) is 11.6. The van der Waals surface area contributed by atoms with Gasteiger partial charge in [-0.3, -0.25) is 14.4 Å². The summed E-state index contributed by atoms with van der Waals surface area (Å²) >= 11 is 0. The van der Waals surface area contributed by atoms with Gasteiger partial charge in [-0.05, 0) is 48.9 Å². The van der Waals surface area contributed by atoms with Crippen molar-refractivity contribution >= 4 is 17.8 Å². The Kier molecular flexibility index (Phi) is 5.50. The van der Waals surface area contributed by atoms with Crippen LogP contribution in [0.2, 0.25) is 0 Å². The van der Waals surface area contributed by atoms with Crippen molar-refractivity contribution in [1.29, 1.82) is 0 Å². The Hall–Kier alpha value is -2.37. The molecule has 3 N–H and O–H groups in total. The molecule has 6 nitrogen and oxygen atoms in total. The van der Waals surface area contributed by atoms with E-state index in [1.54, 1.807) is 24.3 Å². The first-order valence-corrected chi connectivity index (χ1v) is 8.53. The van der Waals surface area contributed by atoms with E-state index in [4.69, 9.17) is 5.11 Å². The predicted octanol–water partition coefficient (Wildman–Crippen LogP) is 2.59. The van der Waals surface area contributed by atoms with E-state index in [0.717, 1.165) is 6.42 Å². The molecule has 2 amide bonds. The Morgan fingerprint density at radius 1 is 1.04 bits per heavy atom. The van der Waals surface area contributed by atoms with E-state index in [0.29, 0.717) is 30.5 Å². The fourth-order valence-corrected chi connectivity index (χ4v) is 2.77. The van der Waals surface area contributed by atoms with Crippen molar-refractivity contribution in [2.45, 2.75) is 52.0 Å². The molecule has 1 aliphatic rings. The summed E-state index contributed by atoms with van der Waals surface area (Å²) in [5, 5.41) is 14.7. The van der Waals surface area contributed by atoms with Crippen LogP contribution in [-0.4, -0.2) is 35.0 Å². The molecule has 1 aliphatic carbocycles. The zero-order valence-corrected chi connectivity index (χ0v) is 15.0. The molecule has 136 valence electrons. The summed E-state index contributed by atoms with van der Waals surface area (Å²) in [5.74, 6) is -1.39. The third kappa shape index (κ3) is 5.31. The summed E-state index contributed by atoms with van der Waals surface area (Å²) in [7, 11) is 0. The van der Waals surface area contributed by atoms with Gasteiger partial charge in [-0.2, -0.15) is 0 Å². The van der Waals surface area contributed by atoms with Gasteiger partial charge in [0.2, 0.25) is 0 Å². The normalized spacial score (nSPS) is 15.8. The first kappa shape index (κ1) is 19.0. The molecule has 0 aliphatic heterocycles. The van der Waals surface area contributed by atoms with Gasteiger partial charge in [-0.1, -0.05) is 20.8 Å². The molecule has 0 aromatic heterocycles. The number of benzene rings is 1. The minimum absolute atomic E-state index is 0.00326. The number of carboxylic acid groups (broad SMARTS) is 1. The Balaban J connectivity index is 1.98. The molecule has 2 rings (SSSR count). The molecule has 0 unspecified atom stereocenters. The maximum absolute atomic E-state index is 12.4. The maximum Gasteiger partial charge on any atom is 0.305 e. The van der Waals surface area contributed by atoms with Crippen molar-refractivity contribution in [3.8, 4) is 0 Å². The number of rotatable bonds is 6. The molecule has 1 saturated carbocycles. The number of amides is 2. The van der Waals surface area contributed by atoms with Crippen LogP contribution >= 0.6 is 0 Å². The number of carbonyl (C=O) groups excluding carboxylic acids is 2. The number of hydrogen-bond acceptors (Lipinski definition) is 3. The monoisotopic (exact) mass is 346 g/mol. The van der Waals surface area contributed by atoms with Gasteiger partial charge < -0.3 is 15.7 Å².